The lowest BCUT2D eigenvalue weighted by atomic mass is 10.2. The molecule has 0 fully saturated rings. The first-order valence-corrected chi connectivity index (χ1v) is 3.20. The van der Waals surface area contributed by atoms with E-state index < -0.39 is 18.0 Å². The quantitative estimate of drug-likeness (QED) is 0.499. The number of rotatable bonds is 4. The molecule has 0 aromatic heterocycles. The molecule has 0 saturated carbocycles. The molecule has 0 amide bonds. The average molecular weight is 162 g/mol. The Morgan fingerprint density at radius 3 is 2.55 bits per heavy atom. The fourth-order valence-electron chi connectivity index (χ4n) is 0.518. The molecule has 0 aliphatic rings. The second kappa shape index (κ2) is 4.68. The summed E-state index contributed by atoms with van der Waals surface area (Å²) in [4.78, 5) is 20.7. The van der Waals surface area contributed by atoms with Crippen LogP contribution in [0.25, 0.3) is 0 Å². The summed E-state index contributed by atoms with van der Waals surface area (Å²) in [6.07, 6.45) is 0.332. The normalized spacial score (nSPS) is 12.2. The van der Waals surface area contributed by atoms with Crippen LogP contribution in [0, 0.1) is 0 Å². The maximum atomic E-state index is 10.5. The predicted octanol–water partition coefficient (Wildman–Crippen LogP) is -1.37. The Labute approximate surface area is 64.1 Å². The molecule has 0 rings (SSSR count). The number of carbonyl (C=O) groups is 2. The number of carbonyl (C=O) groups excluding carboxylic acids is 1. The number of hydrogen-bond acceptors (Lipinski definition) is 3. The van der Waals surface area contributed by atoms with Crippen molar-refractivity contribution in [1.29, 1.82) is 0 Å². The van der Waals surface area contributed by atoms with Crippen molar-refractivity contribution in [3.63, 3.8) is 0 Å². The van der Waals surface area contributed by atoms with E-state index in [-0.39, 0.29) is 12.8 Å². The number of methoxy groups -OCH3 is 1. The van der Waals surface area contributed by atoms with Gasteiger partial charge in [0.15, 0.2) is 6.04 Å². The van der Waals surface area contributed by atoms with E-state index in [2.05, 4.69) is 10.5 Å². The summed E-state index contributed by atoms with van der Waals surface area (Å²) in [6, 6.07) is -0.728. The molecule has 0 bridgehead atoms. The molecule has 0 spiro atoms. The Morgan fingerprint density at radius 2 is 2.18 bits per heavy atom. The summed E-state index contributed by atoms with van der Waals surface area (Å²) in [5.41, 5.74) is 3.34. The predicted molar refractivity (Wildman–Crippen MR) is 35.6 cm³/mol. The van der Waals surface area contributed by atoms with Crippen LogP contribution in [-0.4, -0.2) is 30.2 Å². The molecule has 1 atom stereocenters. The third-order valence-corrected chi connectivity index (χ3v) is 1.27. The molecule has 0 heterocycles. The zero-order valence-corrected chi connectivity index (χ0v) is 6.37. The Bertz CT molecular complexity index is 157. The van der Waals surface area contributed by atoms with Crippen LogP contribution in [0.2, 0.25) is 0 Å². The third kappa shape index (κ3) is 4.32. The van der Waals surface area contributed by atoms with Crippen LogP contribution in [0.3, 0.4) is 0 Å². The van der Waals surface area contributed by atoms with Crippen LogP contribution >= 0.6 is 0 Å². The lowest BCUT2D eigenvalue weighted by molar-refractivity contribution is -0.408. The van der Waals surface area contributed by atoms with Gasteiger partial charge < -0.3 is 15.6 Å². The highest BCUT2D eigenvalue weighted by Gasteiger charge is 2.16. The second-order valence-corrected chi connectivity index (χ2v) is 2.15. The monoisotopic (exact) mass is 162 g/mol. The van der Waals surface area contributed by atoms with E-state index in [1.807, 2.05) is 0 Å². The maximum Gasteiger partial charge on any atom is 0.362 e. The van der Waals surface area contributed by atoms with Crippen molar-refractivity contribution < 1.29 is 25.2 Å². The second-order valence-electron chi connectivity index (χ2n) is 2.15. The summed E-state index contributed by atoms with van der Waals surface area (Å²) < 4.78 is 4.32. The third-order valence-electron chi connectivity index (χ3n) is 1.27. The minimum Gasteiger partial charge on any atom is -0.477 e. The highest BCUT2D eigenvalue weighted by molar-refractivity contribution is 5.74. The fourth-order valence-corrected chi connectivity index (χ4v) is 0.518. The number of esters is 1. The van der Waals surface area contributed by atoms with Gasteiger partial charge in [0.1, 0.15) is 0 Å². The van der Waals surface area contributed by atoms with Crippen molar-refractivity contribution in [3.8, 4) is 0 Å². The van der Waals surface area contributed by atoms with Crippen LogP contribution < -0.4 is 5.73 Å². The molecule has 0 aromatic carbocycles. The Morgan fingerprint density at radius 1 is 1.64 bits per heavy atom. The van der Waals surface area contributed by atoms with Gasteiger partial charge in [0.2, 0.25) is 0 Å². The van der Waals surface area contributed by atoms with E-state index in [1.165, 1.54) is 7.11 Å². The largest absolute Gasteiger partial charge is 0.477 e. The van der Waals surface area contributed by atoms with E-state index in [0.29, 0.717) is 0 Å². The van der Waals surface area contributed by atoms with Gasteiger partial charge in [-0.05, 0) is 0 Å². The molecule has 64 valence electrons. The van der Waals surface area contributed by atoms with Crippen LogP contribution in [0.15, 0.2) is 0 Å². The van der Waals surface area contributed by atoms with Crippen molar-refractivity contribution >= 4 is 11.9 Å². The molecule has 0 unspecified atom stereocenters. The van der Waals surface area contributed by atoms with E-state index in [0.717, 1.165) is 0 Å². The van der Waals surface area contributed by atoms with Gasteiger partial charge in [-0.3, -0.25) is 4.79 Å². The summed E-state index contributed by atoms with van der Waals surface area (Å²) in [7, 11) is 1.27. The van der Waals surface area contributed by atoms with E-state index >= 15 is 0 Å². The van der Waals surface area contributed by atoms with Crippen molar-refractivity contribution in [2.24, 2.45) is 0 Å². The van der Waals surface area contributed by atoms with Gasteiger partial charge in [0, 0.05) is 6.42 Å². The number of carboxylic acids is 1. The molecule has 0 aromatic rings. The lowest BCUT2D eigenvalue weighted by Gasteiger charge is -2.00. The molecule has 4 N–H and O–H groups in total. The molecule has 5 nitrogen and oxygen atoms in total. The van der Waals surface area contributed by atoms with E-state index in [1.54, 1.807) is 0 Å². The van der Waals surface area contributed by atoms with Crippen molar-refractivity contribution in [2.75, 3.05) is 7.11 Å². The fraction of sp³-hybridized carbons (Fsp3) is 0.667. The first kappa shape index (κ1) is 9.90. The molecule has 0 aliphatic heterocycles. The average Bonchev–Trinajstić information content (AvgIpc) is 1.99. The lowest BCUT2D eigenvalue weighted by Crippen LogP contribution is -2.64. The SMILES string of the molecule is COC(=O)CC[C@H]([NH3+])C(=O)O. The van der Waals surface area contributed by atoms with Crippen molar-refractivity contribution in [3.05, 3.63) is 0 Å². The highest BCUT2D eigenvalue weighted by atomic mass is 16.5. The standard InChI is InChI=1S/C6H11NO4/c1-11-5(8)3-2-4(7)6(9)10/h4H,2-3,7H2,1H3,(H,9,10)/p+1/t4-/m0/s1. The number of hydrogen-bond donors (Lipinski definition) is 2. The summed E-state index contributed by atoms with van der Waals surface area (Å²) in [6.45, 7) is 0. The molecular formula is C6H12NO4+. The summed E-state index contributed by atoms with van der Waals surface area (Å²) >= 11 is 0. The molecule has 0 radical (unpaired) electrons. The smallest absolute Gasteiger partial charge is 0.362 e. The molecule has 5 heteroatoms. The van der Waals surface area contributed by atoms with Crippen LogP contribution in [0.5, 0.6) is 0 Å². The highest BCUT2D eigenvalue weighted by Crippen LogP contribution is 1.94. The minimum atomic E-state index is -0.992. The molecule has 0 saturated heterocycles. The Kier molecular flexibility index (Phi) is 4.21. The van der Waals surface area contributed by atoms with Crippen LogP contribution in [0.4, 0.5) is 0 Å². The first-order valence-electron chi connectivity index (χ1n) is 3.20. The molecule has 0 aliphatic carbocycles. The van der Waals surface area contributed by atoms with Crippen molar-refractivity contribution in [2.45, 2.75) is 18.9 Å². The first-order chi connectivity index (χ1) is 5.07. The van der Waals surface area contributed by atoms with Crippen LogP contribution in [-0.2, 0) is 14.3 Å². The maximum absolute atomic E-state index is 10.5. The number of quaternary nitrogens is 1. The topological polar surface area (TPSA) is 91.2 Å². The zero-order chi connectivity index (χ0) is 8.85. The van der Waals surface area contributed by atoms with Gasteiger partial charge >= 0.3 is 11.9 Å². The molecule has 11 heavy (non-hydrogen) atoms. The van der Waals surface area contributed by atoms with E-state index in [9.17, 15) is 9.59 Å². The van der Waals surface area contributed by atoms with Gasteiger partial charge in [0.05, 0.1) is 13.5 Å². The van der Waals surface area contributed by atoms with Gasteiger partial charge in [-0.25, -0.2) is 4.79 Å². The van der Waals surface area contributed by atoms with Gasteiger partial charge in [-0.15, -0.1) is 0 Å². The van der Waals surface area contributed by atoms with Crippen LogP contribution in [0.1, 0.15) is 12.8 Å². The van der Waals surface area contributed by atoms with Gasteiger partial charge in [0.25, 0.3) is 0 Å². The molecular weight excluding hydrogens is 150 g/mol. The number of aliphatic carboxylic acids is 1. The van der Waals surface area contributed by atoms with Crippen molar-refractivity contribution in [1.82, 2.24) is 0 Å². The Hall–Kier alpha value is -1.10. The number of carboxylic acid groups (broad SMARTS) is 1. The summed E-state index contributed by atoms with van der Waals surface area (Å²) in [5.74, 6) is -1.39. The number of ether oxygens (including phenoxy) is 1. The van der Waals surface area contributed by atoms with Gasteiger partial charge in [-0.1, -0.05) is 0 Å². The van der Waals surface area contributed by atoms with Gasteiger partial charge in [-0.2, -0.15) is 0 Å². The van der Waals surface area contributed by atoms with E-state index in [4.69, 9.17) is 5.11 Å². The summed E-state index contributed by atoms with van der Waals surface area (Å²) in [5, 5.41) is 8.35. The Balaban J connectivity index is 3.54. The zero-order valence-electron chi connectivity index (χ0n) is 6.37. The minimum absolute atomic E-state index is 0.108.